The van der Waals surface area contributed by atoms with Crippen molar-refractivity contribution in [1.29, 1.82) is 0 Å². The van der Waals surface area contributed by atoms with Gasteiger partial charge >= 0.3 is 0 Å². The first-order valence-electron chi connectivity index (χ1n) is 7.95. The molecule has 0 unspecified atom stereocenters. The minimum Gasteiger partial charge on any atom is -0.497 e. The molecular weight excluding hydrogens is 499 g/mol. The molecule has 2 aromatic rings. The molecule has 2 rings (SSSR count). The normalized spacial score (nSPS) is 11.8. The number of guanidine groups is 1. The fourth-order valence-corrected chi connectivity index (χ4v) is 4.60. The third kappa shape index (κ3) is 6.63. The molecule has 27 heavy (non-hydrogen) atoms. The number of ether oxygens (including phenoxy) is 1. The van der Waals surface area contributed by atoms with Crippen molar-refractivity contribution in [2.45, 2.75) is 17.3 Å². The summed E-state index contributed by atoms with van der Waals surface area (Å²) in [5.41, 5.74) is 1.07. The summed E-state index contributed by atoms with van der Waals surface area (Å²) < 4.78 is 31.0. The number of halogens is 1. The Balaban J connectivity index is 0.00000364. The Kier molecular flexibility index (Phi) is 9.50. The van der Waals surface area contributed by atoms with E-state index >= 15 is 0 Å². The summed E-state index contributed by atoms with van der Waals surface area (Å²) in [4.78, 5) is 5.10. The molecule has 150 valence electrons. The van der Waals surface area contributed by atoms with Gasteiger partial charge < -0.3 is 15.4 Å². The topological polar surface area (TPSA) is 83.0 Å². The minimum atomic E-state index is -3.39. The van der Waals surface area contributed by atoms with Crippen molar-refractivity contribution in [1.82, 2.24) is 14.9 Å². The predicted molar refractivity (Wildman–Crippen MR) is 121 cm³/mol. The van der Waals surface area contributed by atoms with Gasteiger partial charge in [0.05, 0.1) is 13.7 Å². The maximum Gasteiger partial charge on any atom is 0.252 e. The van der Waals surface area contributed by atoms with Gasteiger partial charge in [-0.15, -0.1) is 35.3 Å². The van der Waals surface area contributed by atoms with Gasteiger partial charge in [0.1, 0.15) is 9.96 Å². The second-order valence-corrected chi connectivity index (χ2v) is 9.19. The van der Waals surface area contributed by atoms with Crippen LogP contribution in [0.3, 0.4) is 0 Å². The van der Waals surface area contributed by atoms with E-state index in [4.69, 9.17) is 4.74 Å². The molecule has 0 bridgehead atoms. The monoisotopic (exact) mass is 524 g/mol. The Hall–Kier alpha value is -1.37. The van der Waals surface area contributed by atoms with E-state index in [0.717, 1.165) is 16.2 Å². The highest BCUT2D eigenvalue weighted by molar-refractivity contribution is 14.0. The molecule has 2 N–H and O–H groups in total. The third-order valence-corrected chi connectivity index (χ3v) is 6.99. The second kappa shape index (κ2) is 10.8. The molecule has 0 aliphatic carbocycles. The summed E-state index contributed by atoms with van der Waals surface area (Å²) >= 11 is 1.25. The van der Waals surface area contributed by atoms with E-state index in [2.05, 4.69) is 15.6 Å². The first-order chi connectivity index (χ1) is 12.4. The smallest absolute Gasteiger partial charge is 0.252 e. The molecule has 0 aliphatic rings. The molecule has 1 aromatic carbocycles. The highest BCUT2D eigenvalue weighted by Gasteiger charge is 2.19. The second-order valence-electron chi connectivity index (χ2n) is 5.64. The van der Waals surface area contributed by atoms with Gasteiger partial charge in [0.25, 0.3) is 10.0 Å². The Morgan fingerprint density at radius 2 is 1.89 bits per heavy atom. The quantitative estimate of drug-likeness (QED) is 0.331. The van der Waals surface area contributed by atoms with E-state index in [-0.39, 0.29) is 24.0 Å². The van der Waals surface area contributed by atoms with Crippen molar-refractivity contribution in [3.05, 3.63) is 46.8 Å². The van der Waals surface area contributed by atoms with Crippen LogP contribution in [-0.2, 0) is 23.1 Å². The molecule has 0 saturated heterocycles. The van der Waals surface area contributed by atoms with Gasteiger partial charge in [-0.2, -0.15) is 0 Å². The molecule has 0 amide bonds. The van der Waals surface area contributed by atoms with Crippen molar-refractivity contribution in [3.63, 3.8) is 0 Å². The van der Waals surface area contributed by atoms with Crippen molar-refractivity contribution in [3.8, 4) is 5.75 Å². The molecule has 1 heterocycles. The average Bonchev–Trinajstić information content (AvgIpc) is 3.11. The molecule has 0 spiro atoms. The van der Waals surface area contributed by atoms with Crippen LogP contribution < -0.4 is 15.4 Å². The van der Waals surface area contributed by atoms with Crippen LogP contribution in [0.1, 0.15) is 10.4 Å². The maximum absolute atomic E-state index is 12.1. The summed E-state index contributed by atoms with van der Waals surface area (Å²) in [6.45, 7) is 1.09. The molecule has 0 saturated carbocycles. The van der Waals surface area contributed by atoms with Crippen LogP contribution in [0.25, 0.3) is 0 Å². The van der Waals surface area contributed by atoms with Crippen molar-refractivity contribution >= 4 is 51.3 Å². The van der Waals surface area contributed by atoms with Crippen LogP contribution in [0.15, 0.2) is 45.6 Å². The van der Waals surface area contributed by atoms with Gasteiger partial charge in [-0.3, -0.25) is 4.99 Å². The lowest BCUT2D eigenvalue weighted by molar-refractivity contribution is 0.414. The highest BCUT2D eigenvalue weighted by atomic mass is 127. The van der Waals surface area contributed by atoms with Gasteiger partial charge in [0.2, 0.25) is 0 Å². The van der Waals surface area contributed by atoms with E-state index in [1.165, 1.54) is 29.7 Å². The molecule has 7 nitrogen and oxygen atoms in total. The molecule has 10 heteroatoms. The number of nitrogens with one attached hydrogen (secondary N) is 2. The largest absolute Gasteiger partial charge is 0.497 e. The van der Waals surface area contributed by atoms with Gasteiger partial charge in [-0.1, -0.05) is 12.1 Å². The first kappa shape index (κ1) is 23.7. The summed E-state index contributed by atoms with van der Waals surface area (Å²) in [5, 5.41) is 6.41. The van der Waals surface area contributed by atoms with Gasteiger partial charge in [-0.05, 0) is 29.8 Å². The highest BCUT2D eigenvalue weighted by Crippen LogP contribution is 2.23. The number of methoxy groups -OCH3 is 1. The molecular formula is C17H25IN4O3S2. The Morgan fingerprint density at radius 3 is 2.52 bits per heavy atom. The van der Waals surface area contributed by atoms with E-state index < -0.39 is 10.0 Å². The van der Waals surface area contributed by atoms with E-state index in [1.807, 2.05) is 30.3 Å². The lowest BCUT2D eigenvalue weighted by atomic mass is 10.2. The fraction of sp³-hybridized carbons (Fsp3) is 0.353. The number of nitrogens with zero attached hydrogens (tertiary/aromatic N) is 2. The van der Waals surface area contributed by atoms with Gasteiger partial charge in [0.15, 0.2) is 5.96 Å². The van der Waals surface area contributed by atoms with E-state index in [0.29, 0.717) is 23.3 Å². The standard InChI is InChI=1S/C17H24N4O3S2.HI/c1-18-17(19-11-13-6-5-7-14(10-13)24-4)20-12-15-8-9-16(25-15)26(22,23)21(2)3;/h5-10H,11-12H2,1-4H3,(H2,18,19,20);1H. The SMILES string of the molecule is CN=C(NCc1cccc(OC)c1)NCc1ccc(S(=O)(=O)N(C)C)s1.I. The number of thiophene rings is 1. The summed E-state index contributed by atoms with van der Waals surface area (Å²) in [6.07, 6.45) is 0. The fourth-order valence-electron chi connectivity index (χ4n) is 2.13. The van der Waals surface area contributed by atoms with Gasteiger partial charge in [0, 0.05) is 32.6 Å². The van der Waals surface area contributed by atoms with Crippen LogP contribution >= 0.6 is 35.3 Å². The first-order valence-corrected chi connectivity index (χ1v) is 10.2. The number of rotatable bonds is 7. The van der Waals surface area contributed by atoms with Crippen molar-refractivity contribution < 1.29 is 13.2 Å². The van der Waals surface area contributed by atoms with Crippen LogP contribution in [0.5, 0.6) is 5.75 Å². The van der Waals surface area contributed by atoms with Crippen molar-refractivity contribution in [2.75, 3.05) is 28.3 Å². The summed E-state index contributed by atoms with van der Waals surface area (Å²) in [5.74, 6) is 1.44. The summed E-state index contributed by atoms with van der Waals surface area (Å²) in [7, 11) is 2.99. The lowest BCUT2D eigenvalue weighted by Gasteiger charge is -2.12. The molecule has 0 radical (unpaired) electrons. The van der Waals surface area contributed by atoms with E-state index in [9.17, 15) is 8.42 Å². The van der Waals surface area contributed by atoms with Crippen molar-refractivity contribution in [2.24, 2.45) is 4.99 Å². The molecule has 0 aliphatic heterocycles. The number of benzene rings is 1. The number of sulfonamides is 1. The van der Waals surface area contributed by atoms with Crippen LogP contribution in [-0.4, -0.2) is 46.9 Å². The number of aliphatic imine (C=N–C) groups is 1. The number of hydrogen-bond acceptors (Lipinski definition) is 5. The zero-order valence-electron chi connectivity index (χ0n) is 15.7. The average molecular weight is 524 g/mol. The molecule has 0 atom stereocenters. The molecule has 1 aromatic heterocycles. The van der Waals surface area contributed by atoms with E-state index in [1.54, 1.807) is 20.2 Å². The predicted octanol–water partition coefficient (Wildman–Crippen LogP) is 2.49. The van der Waals surface area contributed by atoms with Crippen LogP contribution in [0, 0.1) is 0 Å². The Bertz CT molecular complexity index is 867. The maximum atomic E-state index is 12.1. The molecule has 0 fully saturated rings. The lowest BCUT2D eigenvalue weighted by Crippen LogP contribution is -2.36. The number of hydrogen-bond donors (Lipinski definition) is 2. The minimum absolute atomic E-state index is 0. The third-order valence-electron chi connectivity index (χ3n) is 3.62. The summed E-state index contributed by atoms with van der Waals surface area (Å²) in [6, 6.07) is 11.2. The zero-order valence-corrected chi connectivity index (χ0v) is 19.7. The Morgan fingerprint density at radius 1 is 1.19 bits per heavy atom. The Labute approximate surface area is 181 Å². The van der Waals surface area contributed by atoms with Crippen LogP contribution in [0.2, 0.25) is 0 Å². The van der Waals surface area contributed by atoms with Crippen LogP contribution in [0.4, 0.5) is 0 Å². The van der Waals surface area contributed by atoms with Gasteiger partial charge in [-0.25, -0.2) is 12.7 Å². The zero-order chi connectivity index (χ0) is 19.2.